The van der Waals surface area contributed by atoms with E-state index in [2.05, 4.69) is 9.80 Å². The lowest BCUT2D eigenvalue weighted by atomic mass is 10.3. The normalized spacial score (nSPS) is 28.3. The van der Waals surface area contributed by atoms with Crippen molar-refractivity contribution in [2.75, 3.05) is 33.1 Å². The van der Waals surface area contributed by atoms with Gasteiger partial charge in [-0.25, -0.2) is 8.42 Å². The first-order chi connectivity index (χ1) is 9.05. The van der Waals surface area contributed by atoms with Crippen LogP contribution in [0.15, 0.2) is 29.2 Å². The van der Waals surface area contributed by atoms with Crippen LogP contribution >= 0.6 is 11.6 Å². The maximum absolute atomic E-state index is 12.6. The molecule has 0 aromatic heterocycles. The minimum Gasteiger partial charge on any atom is -0.276 e. The van der Waals surface area contributed by atoms with E-state index in [-0.39, 0.29) is 0 Å². The molecule has 7 heteroatoms. The van der Waals surface area contributed by atoms with Gasteiger partial charge in [-0.1, -0.05) is 11.6 Å². The number of nitrogens with zero attached hydrogens (tertiary/aromatic N) is 3. The zero-order valence-corrected chi connectivity index (χ0v) is 12.1. The maximum Gasteiger partial charge on any atom is 0.245 e. The molecule has 5 nitrogen and oxygen atoms in total. The van der Waals surface area contributed by atoms with Crippen molar-refractivity contribution in [2.45, 2.75) is 11.3 Å². The van der Waals surface area contributed by atoms with Crippen molar-refractivity contribution < 1.29 is 8.42 Å². The summed E-state index contributed by atoms with van der Waals surface area (Å²) < 4.78 is 26.6. The molecule has 0 aliphatic carbocycles. The first kappa shape index (κ1) is 13.3. The van der Waals surface area contributed by atoms with E-state index in [0.717, 1.165) is 26.2 Å². The number of hydrogen-bond acceptors (Lipinski definition) is 4. The predicted molar refractivity (Wildman–Crippen MR) is 73.1 cm³/mol. The molecular formula is C12H16ClN3O2S. The SMILES string of the molecule is O=S(=O)(c1ccc(Cl)cc1)N1CN2CCCN(C2)C1. The maximum atomic E-state index is 12.6. The Labute approximate surface area is 118 Å². The molecule has 3 rings (SSSR count). The zero-order valence-electron chi connectivity index (χ0n) is 10.5. The highest BCUT2D eigenvalue weighted by atomic mass is 35.5. The largest absolute Gasteiger partial charge is 0.276 e. The van der Waals surface area contributed by atoms with Gasteiger partial charge in [-0.05, 0) is 30.7 Å². The average molecular weight is 302 g/mol. The Morgan fingerprint density at radius 3 is 2.11 bits per heavy atom. The van der Waals surface area contributed by atoms with Crippen molar-refractivity contribution in [2.24, 2.45) is 0 Å². The Morgan fingerprint density at radius 2 is 1.53 bits per heavy atom. The number of sulfonamides is 1. The summed E-state index contributed by atoms with van der Waals surface area (Å²) in [6, 6.07) is 6.35. The van der Waals surface area contributed by atoms with E-state index in [1.165, 1.54) is 4.31 Å². The van der Waals surface area contributed by atoms with Crippen molar-refractivity contribution in [3.8, 4) is 0 Å². The highest BCUT2D eigenvalue weighted by Crippen LogP contribution is 2.22. The molecule has 1 aromatic rings. The van der Waals surface area contributed by atoms with E-state index < -0.39 is 10.0 Å². The molecule has 0 radical (unpaired) electrons. The summed E-state index contributed by atoms with van der Waals surface area (Å²) in [6.45, 7) is 3.74. The minimum atomic E-state index is -3.43. The van der Waals surface area contributed by atoms with E-state index in [4.69, 9.17) is 11.6 Å². The molecule has 2 atom stereocenters. The van der Waals surface area contributed by atoms with Crippen LogP contribution in [-0.2, 0) is 10.0 Å². The Kier molecular flexibility index (Phi) is 3.53. The lowest BCUT2D eigenvalue weighted by Crippen LogP contribution is -2.59. The summed E-state index contributed by atoms with van der Waals surface area (Å²) >= 11 is 5.80. The molecule has 2 aliphatic heterocycles. The highest BCUT2D eigenvalue weighted by molar-refractivity contribution is 7.89. The second-order valence-electron chi connectivity index (χ2n) is 4.98. The number of rotatable bonds is 2. The molecule has 0 amide bonds. The highest BCUT2D eigenvalue weighted by Gasteiger charge is 2.34. The smallest absolute Gasteiger partial charge is 0.245 e. The van der Waals surface area contributed by atoms with Gasteiger partial charge in [-0.2, -0.15) is 4.31 Å². The third-order valence-corrected chi connectivity index (χ3v) is 5.55. The van der Waals surface area contributed by atoms with Crippen LogP contribution in [0.1, 0.15) is 6.42 Å². The summed E-state index contributed by atoms with van der Waals surface area (Å²) in [5.74, 6) is 0. The summed E-state index contributed by atoms with van der Waals surface area (Å²) in [5, 5.41) is 0.543. The fourth-order valence-corrected chi connectivity index (χ4v) is 4.11. The molecule has 104 valence electrons. The molecule has 0 saturated carbocycles. The van der Waals surface area contributed by atoms with Gasteiger partial charge in [0.25, 0.3) is 0 Å². The summed E-state index contributed by atoms with van der Waals surface area (Å²) in [7, 11) is -3.43. The van der Waals surface area contributed by atoms with Gasteiger partial charge in [-0.15, -0.1) is 0 Å². The molecule has 19 heavy (non-hydrogen) atoms. The minimum absolute atomic E-state index is 0.305. The van der Waals surface area contributed by atoms with Gasteiger partial charge >= 0.3 is 0 Å². The van der Waals surface area contributed by atoms with Crippen molar-refractivity contribution in [3.05, 3.63) is 29.3 Å². The van der Waals surface area contributed by atoms with Crippen molar-refractivity contribution >= 4 is 21.6 Å². The van der Waals surface area contributed by atoms with E-state index in [1.54, 1.807) is 24.3 Å². The molecule has 1 aromatic carbocycles. The van der Waals surface area contributed by atoms with E-state index in [0.29, 0.717) is 23.3 Å². The monoisotopic (exact) mass is 301 g/mol. The fourth-order valence-electron chi connectivity index (χ4n) is 2.57. The topological polar surface area (TPSA) is 43.9 Å². The van der Waals surface area contributed by atoms with E-state index >= 15 is 0 Å². The summed E-state index contributed by atoms with van der Waals surface area (Å²) in [6.07, 6.45) is 1.11. The van der Waals surface area contributed by atoms with Gasteiger partial charge < -0.3 is 0 Å². The van der Waals surface area contributed by atoms with Crippen LogP contribution in [0.25, 0.3) is 0 Å². The lowest BCUT2D eigenvalue weighted by molar-refractivity contribution is -0.0179. The third kappa shape index (κ3) is 2.64. The van der Waals surface area contributed by atoms with Crippen LogP contribution in [0.3, 0.4) is 0 Å². The van der Waals surface area contributed by atoms with Crippen LogP contribution in [0.2, 0.25) is 5.02 Å². The Bertz CT molecular complexity index is 549. The van der Waals surface area contributed by atoms with Gasteiger partial charge in [0.05, 0.1) is 24.9 Å². The van der Waals surface area contributed by atoms with E-state index in [1.807, 2.05) is 0 Å². The summed E-state index contributed by atoms with van der Waals surface area (Å²) in [5.41, 5.74) is 0. The average Bonchev–Trinajstić information content (AvgIpc) is 2.38. The van der Waals surface area contributed by atoms with Crippen LogP contribution in [0.5, 0.6) is 0 Å². The lowest BCUT2D eigenvalue weighted by Gasteiger charge is -2.44. The first-order valence-corrected chi connectivity index (χ1v) is 8.08. The van der Waals surface area contributed by atoms with Gasteiger partial charge in [0.2, 0.25) is 10.0 Å². The van der Waals surface area contributed by atoms with Crippen molar-refractivity contribution in [1.29, 1.82) is 0 Å². The van der Waals surface area contributed by atoms with Crippen LogP contribution in [-0.4, -0.2) is 55.6 Å². The Hall–Kier alpha value is -0.660. The number of benzene rings is 1. The quantitative estimate of drug-likeness (QED) is 0.824. The predicted octanol–water partition coefficient (Wildman–Crippen LogP) is 1.22. The Balaban J connectivity index is 1.86. The van der Waals surface area contributed by atoms with Gasteiger partial charge in [0.15, 0.2) is 0 Å². The van der Waals surface area contributed by atoms with Gasteiger partial charge in [0.1, 0.15) is 0 Å². The van der Waals surface area contributed by atoms with Gasteiger partial charge in [0, 0.05) is 18.1 Å². The molecule has 2 heterocycles. The van der Waals surface area contributed by atoms with E-state index in [9.17, 15) is 8.42 Å². The number of halogens is 1. The van der Waals surface area contributed by atoms with Crippen molar-refractivity contribution in [1.82, 2.24) is 14.1 Å². The molecule has 0 spiro atoms. The molecule has 2 unspecified atom stereocenters. The fraction of sp³-hybridized carbons (Fsp3) is 0.500. The van der Waals surface area contributed by atoms with Crippen LogP contribution in [0.4, 0.5) is 0 Å². The second kappa shape index (κ2) is 5.03. The molecular weight excluding hydrogens is 286 g/mol. The molecule has 2 bridgehead atoms. The van der Waals surface area contributed by atoms with Crippen LogP contribution < -0.4 is 0 Å². The number of fused-ring (bicyclic) bond motifs is 2. The molecule has 2 aliphatic rings. The second-order valence-corrected chi connectivity index (χ2v) is 7.35. The molecule has 0 N–H and O–H groups in total. The molecule has 2 fully saturated rings. The van der Waals surface area contributed by atoms with Crippen molar-refractivity contribution in [3.63, 3.8) is 0 Å². The number of hydrogen-bond donors (Lipinski definition) is 0. The summed E-state index contributed by atoms with van der Waals surface area (Å²) in [4.78, 5) is 4.61. The molecule has 2 saturated heterocycles. The van der Waals surface area contributed by atoms with Crippen LogP contribution in [0, 0.1) is 0 Å². The third-order valence-electron chi connectivity index (χ3n) is 3.52. The van der Waals surface area contributed by atoms with Gasteiger partial charge in [-0.3, -0.25) is 9.80 Å². The Morgan fingerprint density at radius 1 is 0.947 bits per heavy atom. The zero-order chi connectivity index (χ0) is 13.5. The standard InChI is InChI=1S/C12H16ClN3O2S/c13-11-2-4-12(5-3-11)19(17,18)16-9-14-6-1-7-15(8-14)10-16/h2-5H,1,6-10H2. The first-order valence-electron chi connectivity index (χ1n) is 6.26.